The van der Waals surface area contributed by atoms with Crippen molar-refractivity contribution < 1.29 is 9.53 Å². The standard InChI is InChI=1S/C21H23N3O2/c1-14-9-10-24-13-18(22-20(24)11-14)16-7-8-19(26-2)17(12-16)23-21(25)15-5-3-4-6-15/h7-13,15H,3-6H2,1-2H3,(H,23,25). The number of hydrogen-bond acceptors (Lipinski definition) is 3. The molecule has 0 radical (unpaired) electrons. The topological polar surface area (TPSA) is 55.6 Å². The third-order valence-electron chi connectivity index (χ3n) is 5.09. The first-order valence-corrected chi connectivity index (χ1v) is 9.08. The molecule has 0 atom stereocenters. The molecule has 5 nitrogen and oxygen atoms in total. The molecule has 134 valence electrons. The fourth-order valence-electron chi connectivity index (χ4n) is 3.61. The number of hydrogen-bond donors (Lipinski definition) is 1. The van der Waals surface area contributed by atoms with E-state index in [1.54, 1.807) is 7.11 Å². The highest BCUT2D eigenvalue weighted by atomic mass is 16.5. The van der Waals surface area contributed by atoms with Gasteiger partial charge in [-0.15, -0.1) is 0 Å². The highest BCUT2D eigenvalue weighted by Gasteiger charge is 2.23. The van der Waals surface area contributed by atoms with Crippen LogP contribution < -0.4 is 10.1 Å². The molecule has 1 saturated carbocycles. The molecule has 2 heterocycles. The zero-order valence-corrected chi connectivity index (χ0v) is 15.2. The predicted octanol–water partition coefficient (Wildman–Crippen LogP) is 4.45. The number of imidazole rings is 1. The van der Waals surface area contributed by atoms with Crippen molar-refractivity contribution in [2.45, 2.75) is 32.6 Å². The molecule has 4 rings (SSSR count). The average Bonchev–Trinajstić information content (AvgIpc) is 3.31. The summed E-state index contributed by atoms with van der Waals surface area (Å²) >= 11 is 0. The van der Waals surface area contributed by atoms with Gasteiger partial charge in [0.05, 0.1) is 18.5 Å². The number of rotatable bonds is 4. The highest BCUT2D eigenvalue weighted by molar-refractivity contribution is 5.95. The van der Waals surface area contributed by atoms with E-state index < -0.39 is 0 Å². The summed E-state index contributed by atoms with van der Waals surface area (Å²) in [5.74, 6) is 0.866. The van der Waals surface area contributed by atoms with E-state index in [1.807, 2.05) is 35.0 Å². The Morgan fingerprint density at radius 1 is 1.23 bits per heavy atom. The summed E-state index contributed by atoms with van der Waals surface area (Å²) in [5.41, 5.74) is 4.61. The summed E-state index contributed by atoms with van der Waals surface area (Å²) in [5, 5.41) is 3.06. The van der Waals surface area contributed by atoms with Gasteiger partial charge >= 0.3 is 0 Å². The number of amides is 1. The van der Waals surface area contributed by atoms with Crippen molar-refractivity contribution in [3.63, 3.8) is 0 Å². The van der Waals surface area contributed by atoms with Crippen molar-refractivity contribution in [1.29, 1.82) is 0 Å². The maximum atomic E-state index is 12.5. The third-order valence-corrected chi connectivity index (χ3v) is 5.09. The van der Waals surface area contributed by atoms with Gasteiger partial charge in [0.2, 0.25) is 5.91 Å². The average molecular weight is 349 g/mol. The molecule has 1 aliphatic carbocycles. The van der Waals surface area contributed by atoms with Crippen LogP contribution in [0, 0.1) is 12.8 Å². The van der Waals surface area contributed by atoms with Gasteiger partial charge in [-0.25, -0.2) is 4.98 Å². The second-order valence-corrected chi connectivity index (χ2v) is 6.98. The van der Waals surface area contributed by atoms with Gasteiger partial charge in [0.1, 0.15) is 11.4 Å². The molecule has 26 heavy (non-hydrogen) atoms. The Labute approximate surface area is 153 Å². The van der Waals surface area contributed by atoms with Crippen LogP contribution in [0.4, 0.5) is 5.69 Å². The first-order valence-electron chi connectivity index (χ1n) is 9.08. The molecule has 2 aromatic heterocycles. The molecule has 0 saturated heterocycles. The number of nitrogens with one attached hydrogen (secondary N) is 1. The van der Waals surface area contributed by atoms with Crippen LogP contribution in [-0.4, -0.2) is 22.4 Å². The Morgan fingerprint density at radius 2 is 2.04 bits per heavy atom. The summed E-state index contributed by atoms with van der Waals surface area (Å²) in [6.45, 7) is 2.05. The summed E-state index contributed by atoms with van der Waals surface area (Å²) in [7, 11) is 1.62. The number of fused-ring (bicyclic) bond motifs is 1. The molecule has 0 unspecified atom stereocenters. The van der Waals surface area contributed by atoms with Crippen LogP contribution in [0.2, 0.25) is 0 Å². The van der Waals surface area contributed by atoms with Crippen LogP contribution in [-0.2, 0) is 4.79 Å². The van der Waals surface area contributed by atoms with Crippen molar-refractivity contribution in [2.75, 3.05) is 12.4 Å². The van der Waals surface area contributed by atoms with Gasteiger partial charge in [-0.3, -0.25) is 4.79 Å². The van der Waals surface area contributed by atoms with Gasteiger partial charge in [0.25, 0.3) is 0 Å². The van der Waals surface area contributed by atoms with Crippen LogP contribution in [0.1, 0.15) is 31.2 Å². The first-order chi connectivity index (χ1) is 12.6. The lowest BCUT2D eigenvalue weighted by molar-refractivity contribution is -0.119. The quantitative estimate of drug-likeness (QED) is 0.757. The zero-order chi connectivity index (χ0) is 18.1. The normalized spacial score (nSPS) is 14.7. The Bertz CT molecular complexity index is 955. The van der Waals surface area contributed by atoms with E-state index in [0.29, 0.717) is 11.4 Å². The van der Waals surface area contributed by atoms with Crippen LogP contribution in [0.5, 0.6) is 5.75 Å². The second-order valence-electron chi connectivity index (χ2n) is 6.98. The molecule has 1 N–H and O–H groups in total. The molecule has 0 aliphatic heterocycles. The Hall–Kier alpha value is -2.82. The van der Waals surface area contributed by atoms with Crippen molar-refractivity contribution in [2.24, 2.45) is 5.92 Å². The molecule has 5 heteroatoms. The Morgan fingerprint density at radius 3 is 2.81 bits per heavy atom. The number of carbonyl (C=O) groups is 1. The fraction of sp³-hybridized carbons (Fsp3) is 0.333. The van der Waals surface area contributed by atoms with Gasteiger partial charge in [0, 0.05) is 23.9 Å². The van der Waals surface area contributed by atoms with E-state index in [-0.39, 0.29) is 11.8 Å². The molecule has 0 spiro atoms. The predicted molar refractivity (Wildman–Crippen MR) is 103 cm³/mol. The van der Waals surface area contributed by atoms with E-state index in [0.717, 1.165) is 42.6 Å². The summed E-state index contributed by atoms with van der Waals surface area (Å²) < 4.78 is 7.44. The number of benzene rings is 1. The minimum absolute atomic E-state index is 0.0866. The summed E-state index contributed by atoms with van der Waals surface area (Å²) in [6.07, 6.45) is 8.22. The maximum absolute atomic E-state index is 12.5. The number of aryl methyl sites for hydroxylation is 1. The third kappa shape index (κ3) is 3.17. The summed E-state index contributed by atoms with van der Waals surface area (Å²) in [6, 6.07) is 9.91. The highest BCUT2D eigenvalue weighted by Crippen LogP contribution is 2.32. The maximum Gasteiger partial charge on any atom is 0.227 e. The van der Waals surface area contributed by atoms with Gasteiger partial charge < -0.3 is 14.5 Å². The largest absolute Gasteiger partial charge is 0.495 e. The van der Waals surface area contributed by atoms with Crippen LogP contribution in [0.15, 0.2) is 42.7 Å². The number of ether oxygens (including phenoxy) is 1. The molecule has 1 aliphatic rings. The van der Waals surface area contributed by atoms with Crippen LogP contribution in [0.25, 0.3) is 16.9 Å². The number of carbonyl (C=O) groups excluding carboxylic acids is 1. The molecule has 1 fully saturated rings. The van der Waals surface area contributed by atoms with Crippen LogP contribution >= 0.6 is 0 Å². The number of nitrogens with zero attached hydrogens (tertiary/aromatic N) is 2. The minimum Gasteiger partial charge on any atom is -0.495 e. The van der Waals surface area contributed by atoms with E-state index >= 15 is 0 Å². The van der Waals surface area contributed by atoms with E-state index in [4.69, 9.17) is 9.72 Å². The van der Waals surface area contributed by atoms with Gasteiger partial charge in [-0.2, -0.15) is 0 Å². The van der Waals surface area contributed by atoms with E-state index in [1.165, 1.54) is 5.56 Å². The fourth-order valence-corrected chi connectivity index (χ4v) is 3.61. The molecular weight excluding hydrogens is 326 g/mol. The molecule has 0 bridgehead atoms. The monoisotopic (exact) mass is 349 g/mol. The minimum atomic E-state index is 0.0866. The van der Waals surface area contributed by atoms with Gasteiger partial charge in [-0.1, -0.05) is 12.8 Å². The first kappa shape index (κ1) is 16.6. The van der Waals surface area contributed by atoms with Gasteiger partial charge in [-0.05, 0) is 55.7 Å². The van der Waals surface area contributed by atoms with E-state index in [9.17, 15) is 4.79 Å². The second kappa shape index (κ2) is 6.83. The van der Waals surface area contributed by atoms with Crippen molar-refractivity contribution >= 4 is 17.2 Å². The van der Waals surface area contributed by atoms with Crippen molar-refractivity contribution in [1.82, 2.24) is 9.38 Å². The molecule has 1 amide bonds. The number of methoxy groups -OCH3 is 1. The zero-order valence-electron chi connectivity index (χ0n) is 15.2. The molecule has 3 aromatic rings. The molecular formula is C21H23N3O2. The number of aromatic nitrogens is 2. The Kier molecular flexibility index (Phi) is 4.37. The lowest BCUT2D eigenvalue weighted by atomic mass is 10.1. The number of anilines is 1. The van der Waals surface area contributed by atoms with E-state index in [2.05, 4.69) is 24.4 Å². The van der Waals surface area contributed by atoms with Crippen molar-refractivity contribution in [3.05, 3.63) is 48.3 Å². The lowest BCUT2D eigenvalue weighted by Crippen LogP contribution is -2.20. The molecule has 1 aromatic carbocycles. The summed E-state index contributed by atoms with van der Waals surface area (Å²) in [4.78, 5) is 17.2. The number of pyridine rings is 1. The van der Waals surface area contributed by atoms with Crippen LogP contribution in [0.3, 0.4) is 0 Å². The smallest absolute Gasteiger partial charge is 0.227 e. The lowest BCUT2D eigenvalue weighted by Gasteiger charge is -2.14. The Balaban J connectivity index is 1.66. The van der Waals surface area contributed by atoms with Gasteiger partial charge in [0.15, 0.2) is 0 Å². The SMILES string of the molecule is COc1ccc(-c2cn3ccc(C)cc3n2)cc1NC(=O)C1CCCC1. The van der Waals surface area contributed by atoms with Crippen molar-refractivity contribution in [3.8, 4) is 17.0 Å².